The number of aromatic carboxylic acids is 1. The number of carboxylic acid groups (broad SMARTS) is 1. The highest BCUT2D eigenvalue weighted by atomic mass is 16.5. The number of hydrogen-bond acceptors (Lipinski definition) is 5. The maximum atomic E-state index is 12.5. The Morgan fingerprint density at radius 2 is 2.07 bits per heavy atom. The van der Waals surface area contributed by atoms with Crippen molar-refractivity contribution < 1.29 is 19.2 Å². The van der Waals surface area contributed by atoms with E-state index in [1.807, 2.05) is 38.1 Å². The van der Waals surface area contributed by atoms with E-state index in [1.54, 1.807) is 13.1 Å². The molecule has 1 atom stereocenters. The first-order valence-electron chi connectivity index (χ1n) is 8.45. The monoisotopic (exact) mass is 368 g/mol. The first kappa shape index (κ1) is 18.4. The van der Waals surface area contributed by atoms with Gasteiger partial charge in [-0.25, -0.2) is 9.48 Å². The van der Waals surface area contributed by atoms with Gasteiger partial charge in [0.05, 0.1) is 17.3 Å². The molecule has 2 heterocycles. The minimum Gasteiger partial charge on any atom is -0.476 e. The van der Waals surface area contributed by atoms with Crippen molar-refractivity contribution in [3.05, 3.63) is 64.8 Å². The van der Waals surface area contributed by atoms with Crippen LogP contribution in [0.1, 0.15) is 45.9 Å². The van der Waals surface area contributed by atoms with Crippen molar-refractivity contribution >= 4 is 11.9 Å². The molecule has 3 aromatic rings. The predicted octanol–water partition coefficient (Wildman–Crippen LogP) is 2.60. The zero-order chi connectivity index (χ0) is 19.6. The second-order valence-electron chi connectivity index (χ2n) is 6.30. The van der Waals surface area contributed by atoms with E-state index in [0.29, 0.717) is 23.7 Å². The summed E-state index contributed by atoms with van der Waals surface area (Å²) in [4.78, 5) is 23.5. The largest absolute Gasteiger partial charge is 0.476 e. The van der Waals surface area contributed by atoms with Gasteiger partial charge in [0.2, 0.25) is 5.91 Å². The van der Waals surface area contributed by atoms with E-state index in [1.165, 1.54) is 10.7 Å². The zero-order valence-corrected chi connectivity index (χ0v) is 15.3. The quantitative estimate of drug-likeness (QED) is 0.692. The number of aromatic nitrogens is 3. The van der Waals surface area contributed by atoms with Crippen molar-refractivity contribution in [1.29, 1.82) is 0 Å². The second kappa shape index (κ2) is 7.45. The third kappa shape index (κ3) is 3.89. The number of carbonyl (C=O) groups is 2. The van der Waals surface area contributed by atoms with Crippen LogP contribution < -0.4 is 5.32 Å². The van der Waals surface area contributed by atoms with Crippen LogP contribution in [0, 0.1) is 13.8 Å². The summed E-state index contributed by atoms with van der Waals surface area (Å²) in [6.45, 7) is 5.76. The van der Waals surface area contributed by atoms with Crippen molar-refractivity contribution in [2.45, 2.75) is 33.2 Å². The summed E-state index contributed by atoms with van der Waals surface area (Å²) in [5.41, 5.74) is 3.08. The molecule has 0 saturated carbocycles. The minimum absolute atomic E-state index is 0.0259. The minimum atomic E-state index is -1.08. The number of carbonyl (C=O) groups excluding carboxylic acids is 1. The summed E-state index contributed by atoms with van der Waals surface area (Å²) in [7, 11) is 0. The summed E-state index contributed by atoms with van der Waals surface area (Å²) in [5, 5.41) is 19.8. The molecule has 2 N–H and O–H groups in total. The predicted molar refractivity (Wildman–Crippen MR) is 96.8 cm³/mol. The van der Waals surface area contributed by atoms with Crippen molar-refractivity contribution in [3.63, 3.8) is 0 Å². The molecule has 0 aliphatic heterocycles. The number of aryl methyl sites for hydroxylation is 2. The van der Waals surface area contributed by atoms with Crippen molar-refractivity contribution in [1.82, 2.24) is 20.3 Å². The first-order valence-corrected chi connectivity index (χ1v) is 8.45. The van der Waals surface area contributed by atoms with E-state index in [9.17, 15) is 9.59 Å². The highest BCUT2D eigenvalue weighted by molar-refractivity contribution is 5.85. The van der Waals surface area contributed by atoms with Crippen LogP contribution in [0.5, 0.6) is 0 Å². The zero-order valence-electron chi connectivity index (χ0n) is 15.3. The Hall–Kier alpha value is -3.42. The number of nitrogens with one attached hydrogen (secondary N) is 1. The molecule has 2 aromatic heterocycles. The summed E-state index contributed by atoms with van der Waals surface area (Å²) < 4.78 is 6.62. The van der Waals surface area contributed by atoms with Crippen molar-refractivity contribution in [2.75, 3.05) is 0 Å². The maximum absolute atomic E-state index is 12.5. The fourth-order valence-electron chi connectivity index (χ4n) is 2.97. The molecule has 27 heavy (non-hydrogen) atoms. The first-order chi connectivity index (χ1) is 12.9. The van der Waals surface area contributed by atoms with Gasteiger partial charge in [-0.15, -0.1) is 0 Å². The number of hydrogen-bond donors (Lipinski definition) is 2. The molecule has 1 unspecified atom stereocenters. The van der Waals surface area contributed by atoms with Gasteiger partial charge in [-0.3, -0.25) is 4.79 Å². The van der Waals surface area contributed by atoms with E-state index < -0.39 is 5.97 Å². The molecule has 0 aliphatic rings. The van der Waals surface area contributed by atoms with Crippen LogP contribution in [0.2, 0.25) is 0 Å². The lowest BCUT2D eigenvalue weighted by Gasteiger charge is -2.12. The number of carboxylic acids is 1. The molecule has 1 aromatic carbocycles. The fourth-order valence-corrected chi connectivity index (χ4v) is 2.97. The van der Waals surface area contributed by atoms with Gasteiger partial charge < -0.3 is 14.9 Å². The Morgan fingerprint density at radius 1 is 1.30 bits per heavy atom. The molecule has 0 fully saturated rings. The molecular formula is C19H20N4O4. The third-order valence-corrected chi connectivity index (χ3v) is 4.36. The fraction of sp³-hybridized carbons (Fsp3) is 0.263. The lowest BCUT2D eigenvalue weighted by atomic mass is 9.98. The second-order valence-corrected chi connectivity index (χ2v) is 6.30. The Kier molecular flexibility index (Phi) is 5.07. The summed E-state index contributed by atoms with van der Waals surface area (Å²) in [6, 6.07) is 8.81. The van der Waals surface area contributed by atoms with Gasteiger partial charge in [-0.2, -0.15) is 5.10 Å². The van der Waals surface area contributed by atoms with E-state index in [0.717, 1.165) is 11.1 Å². The maximum Gasteiger partial charge on any atom is 0.356 e. The lowest BCUT2D eigenvalue weighted by molar-refractivity contribution is -0.122. The molecule has 140 valence electrons. The van der Waals surface area contributed by atoms with Crippen LogP contribution in [0.3, 0.4) is 0 Å². The van der Waals surface area contributed by atoms with Crippen LogP contribution in [0.4, 0.5) is 0 Å². The molecule has 0 spiro atoms. The SMILES string of the molecule is Cc1noc(C)c1C(C)C(=O)NCc1cccc(-n2ccc(C(=O)O)n2)c1. The topological polar surface area (TPSA) is 110 Å². The highest BCUT2D eigenvalue weighted by Gasteiger charge is 2.22. The Balaban J connectivity index is 1.69. The average Bonchev–Trinajstić information content (AvgIpc) is 3.27. The third-order valence-electron chi connectivity index (χ3n) is 4.36. The van der Waals surface area contributed by atoms with Gasteiger partial charge in [-0.05, 0) is 44.5 Å². The molecule has 0 aliphatic carbocycles. The summed E-state index contributed by atoms with van der Waals surface area (Å²) >= 11 is 0. The van der Waals surface area contributed by atoms with Crippen LogP contribution in [0.25, 0.3) is 5.69 Å². The van der Waals surface area contributed by atoms with Gasteiger partial charge in [0.15, 0.2) is 5.69 Å². The van der Waals surface area contributed by atoms with Gasteiger partial charge in [0, 0.05) is 18.3 Å². The van der Waals surface area contributed by atoms with Gasteiger partial charge in [0.25, 0.3) is 0 Å². The summed E-state index contributed by atoms with van der Waals surface area (Å²) in [6.07, 6.45) is 1.58. The molecule has 0 radical (unpaired) electrons. The summed E-state index contributed by atoms with van der Waals surface area (Å²) in [5.74, 6) is -0.929. The molecule has 0 bridgehead atoms. The number of amides is 1. The van der Waals surface area contributed by atoms with E-state index >= 15 is 0 Å². The lowest BCUT2D eigenvalue weighted by Crippen LogP contribution is -2.28. The Labute approximate surface area is 155 Å². The highest BCUT2D eigenvalue weighted by Crippen LogP contribution is 2.23. The van der Waals surface area contributed by atoms with Gasteiger partial charge >= 0.3 is 5.97 Å². The van der Waals surface area contributed by atoms with Crippen LogP contribution in [0.15, 0.2) is 41.1 Å². The van der Waals surface area contributed by atoms with Crippen LogP contribution in [-0.4, -0.2) is 31.9 Å². The molecule has 0 saturated heterocycles. The van der Waals surface area contributed by atoms with Crippen LogP contribution >= 0.6 is 0 Å². The van der Waals surface area contributed by atoms with Crippen molar-refractivity contribution in [2.24, 2.45) is 0 Å². The van der Waals surface area contributed by atoms with E-state index in [-0.39, 0.29) is 17.5 Å². The Morgan fingerprint density at radius 3 is 2.70 bits per heavy atom. The smallest absolute Gasteiger partial charge is 0.356 e. The van der Waals surface area contributed by atoms with Gasteiger partial charge in [-0.1, -0.05) is 17.3 Å². The number of nitrogens with zero attached hydrogens (tertiary/aromatic N) is 3. The van der Waals surface area contributed by atoms with Gasteiger partial charge in [0.1, 0.15) is 5.76 Å². The normalized spacial score (nSPS) is 12.0. The molecule has 8 heteroatoms. The standard InChI is InChI=1S/C19H20N4O4/c1-11(17-12(2)22-27-13(17)3)18(24)20-10-14-5-4-6-15(9-14)23-8-7-16(21-23)19(25)26/h4-9,11H,10H2,1-3H3,(H,20,24)(H,25,26). The molecule has 8 nitrogen and oxygen atoms in total. The average molecular weight is 368 g/mol. The molecular weight excluding hydrogens is 348 g/mol. The molecule has 1 amide bonds. The Bertz CT molecular complexity index is 970. The number of rotatable bonds is 6. The molecule has 3 rings (SSSR count). The van der Waals surface area contributed by atoms with E-state index in [4.69, 9.17) is 9.63 Å². The van der Waals surface area contributed by atoms with Crippen molar-refractivity contribution in [3.8, 4) is 5.69 Å². The number of benzene rings is 1. The van der Waals surface area contributed by atoms with E-state index in [2.05, 4.69) is 15.6 Å². The van der Waals surface area contributed by atoms with Crippen LogP contribution in [-0.2, 0) is 11.3 Å².